The van der Waals surface area contributed by atoms with Crippen LogP contribution in [-0.2, 0) is 6.54 Å². The smallest absolute Gasteiger partial charge is 0.0420 e. The summed E-state index contributed by atoms with van der Waals surface area (Å²) in [5.41, 5.74) is 8.32. The molecule has 1 aliphatic heterocycles. The highest BCUT2D eigenvalue weighted by atomic mass is 79.9. The molecule has 0 radical (unpaired) electrons. The van der Waals surface area contributed by atoms with Crippen LogP contribution in [0.4, 0.5) is 5.69 Å². The minimum Gasteiger partial charge on any atom is -0.374 e. The maximum absolute atomic E-state index is 5.84. The fraction of sp³-hybridized carbons (Fsp3) is 0.600. The summed E-state index contributed by atoms with van der Waals surface area (Å²) in [6.07, 6.45) is 2.60. The van der Waals surface area contributed by atoms with Gasteiger partial charge in [-0.15, -0.1) is 0 Å². The summed E-state index contributed by atoms with van der Waals surface area (Å²) in [6, 6.07) is 6.36. The highest BCUT2D eigenvalue weighted by Crippen LogP contribution is 2.26. The van der Waals surface area contributed by atoms with Crippen molar-refractivity contribution in [2.75, 3.05) is 38.6 Å². The van der Waals surface area contributed by atoms with Crippen molar-refractivity contribution < 1.29 is 0 Å². The Morgan fingerprint density at radius 1 is 1.37 bits per heavy atom. The molecule has 106 valence electrons. The second-order valence-electron chi connectivity index (χ2n) is 5.60. The quantitative estimate of drug-likeness (QED) is 0.923. The number of benzene rings is 1. The summed E-state index contributed by atoms with van der Waals surface area (Å²) >= 11 is 3.55. The van der Waals surface area contributed by atoms with Crippen molar-refractivity contribution in [2.45, 2.75) is 19.4 Å². The Labute approximate surface area is 124 Å². The van der Waals surface area contributed by atoms with Gasteiger partial charge in [0.15, 0.2) is 0 Å². The van der Waals surface area contributed by atoms with Crippen molar-refractivity contribution in [2.24, 2.45) is 11.7 Å². The number of rotatable bonds is 4. The minimum absolute atomic E-state index is 0.598. The molecule has 19 heavy (non-hydrogen) atoms. The van der Waals surface area contributed by atoms with Gasteiger partial charge < -0.3 is 15.5 Å². The van der Waals surface area contributed by atoms with Crippen LogP contribution >= 0.6 is 15.9 Å². The maximum atomic E-state index is 5.84. The molecule has 0 saturated carbocycles. The second-order valence-corrected chi connectivity index (χ2v) is 6.52. The first-order valence-corrected chi connectivity index (χ1v) is 7.77. The van der Waals surface area contributed by atoms with Crippen molar-refractivity contribution in [3.63, 3.8) is 0 Å². The molecule has 0 amide bonds. The van der Waals surface area contributed by atoms with Crippen LogP contribution in [0.25, 0.3) is 0 Å². The van der Waals surface area contributed by atoms with Gasteiger partial charge in [-0.2, -0.15) is 0 Å². The van der Waals surface area contributed by atoms with Crippen molar-refractivity contribution in [3.8, 4) is 0 Å². The number of nitrogens with zero attached hydrogens (tertiary/aromatic N) is 2. The van der Waals surface area contributed by atoms with Crippen molar-refractivity contribution in [1.82, 2.24) is 4.90 Å². The standard InChI is InChI=1S/C15H24BrN3/c1-18-7-5-12(6-8-18)11-19(2)15-9-14(16)4-3-13(15)10-17/h3-4,9,12H,5-8,10-11,17H2,1-2H3. The molecule has 1 aromatic carbocycles. The molecular weight excluding hydrogens is 302 g/mol. The highest BCUT2D eigenvalue weighted by Gasteiger charge is 2.19. The molecule has 2 N–H and O–H groups in total. The molecule has 0 unspecified atom stereocenters. The molecule has 2 rings (SSSR count). The van der Waals surface area contributed by atoms with E-state index in [0.717, 1.165) is 16.9 Å². The lowest BCUT2D eigenvalue weighted by molar-refractivity contribution is 0.222. The van der Waals surface area contributed by atoms with Crippen molar-refractivity contribution in [3.05, 3.63) is 28.2 Å². The normalized spacial score (nSPS) is 17.7. The topological polar surface area (TPSA) is 32.5 Å². The first-order chi connectivity index (χ1) is 9.10. The van der Waals surface area contributed by atoms with E-state index in [9.17, 15) is 0 Å². The van der Waals surface area contributed by atoms with E-state index < -0.39 is 0 Å². The zero-order chi connectivity index (χ0) is 13.8. The van der Waals surface area contributed by atoms with E-state index >= 15 is 0 Å². The first-order valence-electron chi connectivity index (χ1n) is 6.98. The molecule has 1 saturated heterocycles. The summed E-state index contributed by atoms with van der Waals surface area (Å²) in [7, 11) is 4.39. The first kappa shape index (κ1) is 14.8. The van der Waals surface area contributed by atoms with Gasteiger partial charge in [0.2, 0.25) is 0 Å². The molecule has 3 nitrogen and oxygen atoms in total. The Morgan fingerprint density at radius 3 is 2.68 bits per heavy atom. The zero-order valence-electron chi connectivity index (χ0n) is 11.9. The zero-order valence-corrected chi connectivity index (χ0v) is 13.5. The maximum Gasteiger partial charge on any atom is 0.0420 e. The van der Waals surface area contributed by atoms with Crippen LogP contribution in [-0.4, -0.2) is 38.6 Å². The summed E-state index contributed by atoms with van der Waals surface area (Å²) < 4.78 is 1.12. The molecule has 0 spiro atoms. The lowest BCUT2D eigenvalue weighted by Crippen LogP contribution is -2.36. The molecule has 0 bridgehead atoms. The predicted molar refractivity (Wildman–Crippen MR) is 85.5 cm³/mol. The average molecular weight is 326 g/mol. The van der Waals surface area contributed by atoms with Gasteiger partial charge in [-0.05, 0) is 56.6 Å². The molecule has 1 fully saturated rings. The minimum atomic E-state index is 0.598. The van der Waals surface area contributed by atoms with E-state index in [-0.39, 0.29) is 0 Å². The number of hydrogen-bond acceptors (Lipinski definition) is 3. The Bertz CT molecular complexity index is 414. The van der Waals surface area contributed by atoms with Gasteiger partial charge in [-0.1, -0.05) is 22.0 Å². The lowest BCUT2D eigenvalue weighted by Gasteiger charge is -2.33. The van der Waals surface area contributed by atoms with E-state index in [2.05, 4.69) is 58.0 Å². The van der Waals surface area contributed by atoms with Crippen LogP contribution in [0, 0.1) is 5.92 Å². The largest absolute Gasteiger partial charge is 0.374 e. The lowest BCUT2D eigenvalue weighted by atomic mass is 9.96. The third-order valence-corrected chi connectivity index (χ3v) is 4.54. The third-order valence-electron chi connectivity index (χ3n) is 4.05. The van der Waals surface area contributed by atoms with Gasteiger partial charge >= 0.3 is 0 Å². The van der Waals surface area contributed by atoms with Crippen LogP contribution < -0.4 is 10.6 Å². The molecule has 1 heterocycles. The summed E-state index contributed by atoms with van der Waals surface area (Å²) in [4.78, 5) is 4.78. The van der Waals surface area contributed by atoms with Crippen LogP contribution in [0.2, 0.25) is 0 Å². The molecule has 4 heteroatoms. The monoisotopic (exact) mass is 325 g/mol. The predicted octanol–water partition coefficient (Wildman–Crippen LogP) is 2.69. The number of nitrogens with two attached hydrogens (primary N) is 1. The van der Waals surface area contributed by atoms with Crippen LogP contribution in [0.1, 0.15) is 18.4 Å². The van der Waals surface area contributed by atoms with Crippen molar-refractivity contribution >= 4 is 21.6 Å². The van der Waals surface area contributed by atoms with Gasteiger partial charge in [0.1, 0.15) is 0 Å². The number of halogens is 1. The van der Waals surface area contributed by atoms with Gasteiger partial charge in [0, 0.05) is 30.3 Å². The summed E-state index contributed by atoms with van der Waals surface area (Å²) in [5, 5.41) is 0. The molecule has 0 atom stereocenters. The number of anilines is 1. The molecule has 1 aromatic rings. The van der Waals surface area contributed by atoms with E-state index in [4.69, 9.17) is 5.73 Å². The molecule has 1 aliphatic rings. The highest BCUT2D eigenvalue weighted by molar-refractivity contribution is 9.10. The van der Waals surface area contributed by atoms with E-state index in [1.807, 2.05) is 0 Å². The van der Waals surface area contributed by atoms with E-state index in [1.165, 1.54) is 37.2 Å². The number of likely N-dealkylation sites (tertiary alicyclic amines) is 1. The van der Waals surface area contributed by atoms with Gasteiger partial charge in [-0.3, -0.25) is 0 Å². The van der Waals surface area contributed by atoms with Crippen LogP contribution in [0.5, 0.6) is 0 Å². The average Bonchev–Trinajstić information content (AvgIpc) is 2.41. The number of piperidine rings is 1. The molecule has 0 aliphatic carbocycles. The summed E-state index contributed by atoms with van der Waals surface area (Å²) in [6.45, 7) is 4.17. The van der Waals surface area contributed by atoms with Gasteiger partial charge in [0.25, 0.3) is 0 Å². The Kier molecular flexibility index (Phi) is 5.25. The van der Waals surface area contributed by atoms with Gasteiger partial charge in [0.05, 0.1) is 0 Å². The second kappa shape index (κ2) is 6.73. The summed E-state index contributed by atoms with van der Waals surface area (Å²) in [5.74, 6) is 0.797. The fourth-order valence-corrected chi connectivity index (χ4v) is 3.14. The van der Waals surface area contributed by atoms with E-state index in [1.54, 1.807) is 0 Å². The van der Waals surface area contributed by atoms with E-state index in [0.29, 0.717) is 6.54 Å². The Hall–Kier alpha value is -0.580. The number of hydrogen-bond donors (Lipinski definition) is 1. The fourth-order valence-electron chi connectivity index (χ4n) is 2.80. The van der Waals surface area contributed by atoms with Crippen LogP contribution in [0.15, 0.2) is 22.7 Å². The van der Waals surface area contributed by atoms with Crippen molar-refractivity contribution in [1.29, 1.82) is 0 Å². The third kappa shape index (κ3) is 3.94. The Balaban J connectivity index is 2.03. The van der Waals surface area contributed by atoms with Crippen LogP contribution in [0.3, 0.4) is 0 Å². The van der Waals surface area contributed by atoms with Gasteiger partial charge in [-0.25, -0.2) is 0 Å². The SMILES string of the molecule is CN1CCC(CN(C)c2cc(Br)ccc2CN)CC1. The molecule has 0 aromatic heterocycles. The Morgan fingerprint density at radius 2 is 2.05 bits per heavy atom. The molecular formula is C15H24BrN3.